The number of amides is 3. The van der Waals surface area contributed by atoms with E-state index in [0.717, 1.165) is 11.8 Å². The molecule has 3 aromatic rings. The second-order valence-electron chi connectivity index (χ2n) is 6.45. The Morgan fingerprint density at radius 3 is 2.55 bits per heavy atom. The number of anilines is 1. The Labute approximate surface area is 170 Å². The molecule has 0 atom stereocenters. The van der Waals surface area contributed by atoms with Gasteiger partial charge in [-0.15, -0.1) is 0 Å². The molecule has 7 nitrogen and oxygen atoms in total. The maximum atomic E-state index is 13.6. The molecule has 0 aliphatic heterocycles. The van der Waals surface area contributed by atoms with Crippen LogP contribution in [0, 0.1) is 5.82 Å². The summed E-state index contributed by atoms with van der Waals surface area (Å²) in [6, 6.07) is 11.6. The number of imide groups is 1. The molecule has 0 aliphatic carbocycles. The molecular formula is C20H19FN4O3S. The van der Waals surface area contributed by atoms with Crippen LogP contribution in [0.15, 0.2) is 58.5 Å². The predicted octanol–water partition coefficient (Wildman–Crippen LogP) is 3.56. The van der Waals surface area contributed by atoms with Crippen LogP contribution < -0.4 is 16.2 Å². The summed E-state index contributed by atoms with van der Waals surface area (Å²) in [5.74, 6) is -1.34. The Hall–Kier alpha value is -3.20. The van der Waals surface area contributed by atoms with Crippen molar-refractivity contribution in [2.75, 3.05) is 11.1 Å². The predicted molar refractivity (Wildman–Crippen MR) is 111 cm³/mol. The van der Waals surface area contributed by atoms with E-state index in [1.807, 2.05) is 13.8 Å². The molecule has 1 heterocycles. The van der Waals surface area contributed by atoms with Crippen molar-refractivity contribution in [2.45, 2.75) is 25.0 Å². The third-order valence-corrected chi connectivity index (χ3v) is 4.95. The molecule has 2 aromatic carbocycles. The van der Waals surface area contributed by atoms with Gasteiger partial charge in [0.1, 0.15) is 5.82 Å². The second-order valence-corrected chi connectivity index (χ2v) is 7.39. The second kappa shape index (κ2) is 8.87. The molecular weight excluding hydrogens is 395 g/mol. The van der Waals surface area contributed by atoms with Crippen LogP contribution in [0.1, 0.15) is 19.9 Å². The molecule has 0 spiro atoms. The first-order valence-corrected chi connectivity index (χ1v) is 9.85. The van der Waals surface area contributed by atoms with Crippen LogP contribution >= 0.6 is 11.8 Å². The summed E-state index contributed by atoms with van der Waals surface area (Å²) in [5.41, 5.74) is 0.315. The SMILES string of the molecule is CC(C)n1c(SCC(=O)NC(=O)Nc2ccccc2F)nc2ccccc2c1=O. The Kier molecular flexibility index (Phi) is 6.28. The molecule has 3 rings (SSSR count). The van der Waals surface area contributed by atoms with Gasteiger partial charge in [0.15, 0.2) is 5.16 Å². The van der Waals surface area contributed by atoms with E-state index in [0.29, 0.717) is 16.1 Å². The van der Waals surface area contributed by atoms with Gasteiger partial charge in [-0.25, -0.2) is 14.2 Å². The highest BCUT2D eigenvalue weighted by Gasteiger charge is 2.16. The minimum Gasteiger partial charge on any atom is -0.305 e. The van der Waals surface area contributed by atoms with E-state index >= 15 is 0 Å². The molecule has 0 aliphatic rings. The fourth-order valence-electron chi connectivity index (χ4n) is 2.69. The number of carbonyl (C=O) groups is 2. The van der Waals surface area contributed by atoms with Gasteiger partial charge in [-0.3, -0.25) is 19.5 Å². The number of nitrogens with zero attached hydrogens (tertiary/aromatic N) is 2. The maximum Gasteiger partial charge on any atom is 0.325 e. The smallest absolute Gasteiger partial charge is 0.305 e. The monoisotopic (exact) mass is 414 g/mol. The van der Waals surface area contributed by atoms with Crippen molar-refractivity contribution in [3.05, 3.63) is 64.7 Å². The van der Waals surface area contributed by atoms with E-state index in [4.69, 9.17) is 0 Å². The van der Waals surface area contributed by atoms with E-state index in [2.05, 4.69) is 15.6 Å². The number of fused-ring (bicyclic) bond motifs is 1. The zero-order chi connectivity index (χ0) is 21.0. The first-order valence-electron chi connectivity index (χ1n) is 8.86. The summed E-state index contributed by atoms with van der Waals surface area (Å²) in [6.07, 6.45) is 0. The Morgan fingerprint density at radius 1 is 1.14 bits per heavy atom. The number of hydrogen-bond donors (Lipinski definition) is 2. The number of benzene rings is 2. The molecule has 0 bridgehead atoms. The fourth-order valence-corrected chi connectivity index (χ4v) is 3.62. The number of nitrogens with one attached hydrogen (secondary N) is 2. The van der Waals surface area contributed by atoms with Gasteiger partial charge >= 0.3 is 6.03 Å². The van der Waals surface area contributed by atoms with Gasteiger partial charge in [0.2, 0.25) is 5.91 Å². The first kappa shape index (κ1) is 20.5. The third kappa shape index (κ3) is 4.80. The number of carbonyl (C=O) groups excluding carboxylic acids is 2. The average molecular weight is 414 g/mol. The van der Waals surface area contributed by atoms with Gasteiger partial charge < -0.3 is 5.32 Å². The number of hydrogen-bond acceptors (Lipinski definition) is 5. The van der Waals surface area contributed by atoms with E-state index in [9.17, 15) is 18.8 Å². The maximum absolute atomic E-state index is 13.6. The number of halogens is 1. The Bertz CT molecular complexity index is 1130. The molecule has 1 aromatic heterocycles. The highest BCUT2D eigenvalue weighted by atomic mass is 32.2. The van der Waals surface area contributed by atoms with Gasteiger partial charge in [-0.2, -0.15) is 0 Å². The summed E-state index contributed by atoms with van der Waals surface area (Å²) < 4.78 is 15.1. The van der Waals surface area contributed by atoms with Gasteiger partial charge in [-0.05, 0) is 38.1 Å². The topological polar surface area (TPSA) is 93.1 Å². The summed E-state index contributed by atoms with van der Waals surface area (Å²) in [7, 11) is 0. The zero-order valence-corrected chi connectivity index (χ0v) is 16.6. The highest BCUT2D eigenvalue weighted by Crippen LogP contribution is 2.20. The Balaban J connectivity index is 1.70. The van der Waals surface area contributed by atoms with E-state index in [1.54, 1.807) is 30.3 Å². The number of urea groups is 1. The molecule has 29 heavy (non-hydrogen) atoms. The van der Waals surface area contributed by atoms with Crippen molar-refractivity contribution < 1.29 is 14.0 Å². The molecule has 3 amide bonds. The molecule has 150 valence electrons. The van der Waals surface area contributed by atoms with Crippen molar-refractivity contribution in [1.82, 2.24) is 14.9 Å². The molecule has 0 saturated heterocycles. The number of para-hydroxylation sites is 2. The van der Waals surface area contributed by atoms with Gasteiger partial charge in [0, 0.05) is 6.04 Å². The molecule has 0 saturated carbocycles. The number of thioether (sulfide) groups is 1. The van der Waals surface area contributed by atoms with E-state index < -0.39 is 17.8 Å². The number of aromatic nitrogens is 2. The van der Waals surface area contributed by atoms with E-state index in [1.165, 1.54) is 22.8 Å². The van der Waals surface area contributed by atoms with Crippen LogP contribution in [0.3, 0.4) is 0 Å². The Morgan fingerprint density at radius 2 is 1.83 bits per heavy atom. The molecule has 0 radical (unpaired) electrons. The van der Waals surface area contributed by atoms with Gasteiger partial charge in [-0.1, -0.05) is 36.0 Å². The molecule has 0 unspecified atom stereocenters. The van der Waals surface area contributed by atoms with Gasteiger partial charge in [0.05, 0.1) is 22.3 Å². The van der Waals surface area contributed by atoms with Crippen molar-refractivity contribution in [3.8, 4) is 0 Å². The minimum atomic E-state index is -0.839. The summed E-state index contributed by atoms with van der Waals surface area (Å²) in [5, 5.41) is 5.29. The largest absolute Gasteiger partial charge is 0.325 e. The van der Waals surface area contributed by atoms with Gasteiger partial charge in [0.25, 0.3) is 5.56 Å². The van der Waals surface area contributed by atoms with Crippen LogP contribution in [0.2, 0.25) is 0 Å². The van der Waals surface area contributed by atoms with Crippen molar-refractivity contribution in [3.63, 3.8) is 0 Å². The van der Waals surface area contributed by atoms with E-state index in [-0.39, 0.29) is 23.0 Å². The van der Waals surface area contributed by atoms with Crippen LogP contribution in [-0.2, 0) is 4.79 Å². The molecule has 0 fully saturated rings. The van der Waals surface area contributed by atoms with Crippen LogP contribution in [0.25, 0.3) is 10.9 Å². The minimum absolute atomic E-state index is 0.0321. The molecule has 2 N–H and O–H groups in total. The lowest BCUT2D eigenvalue weighted by atomic mass is 10.2. The summed E-state index contributed by atoms with van der Waals surface area (Å²) in [4.78, 5) is 41.3. The normalized spacial score (nSPS) is 10.9. The quantitative estimate of drug-likeness (QED) is 0.492. The standard InChI is InChI=1S/C20H19FN4O3S/c1-12(2)25-18(27)13-7-3-5-9-15(13)23-20(25)29-11-17(26)24-19(28)22-16-10-6-4-8-14(16)21/h3-10,12H,11H2,1-2H3,(H2,22,24,26,28). The van der Waals surface area contributed by atoms with Crippen molar-refractivity contribution in [1.29, 1.82) is 0 Å². The lowest BCUT2D eigenvalue weighted by Gasteiger charge is -2.16. The lowest BCUT2D eigenvalue weighted by Crippen LogP contribution is -2.36. The van der Waals surface area contributed by atoms with Crippen LogP contribution in [0.5, 0.6) is 0 Å². The van der Waals surface area contributed by atoms with Crippen molar-refractivity contribution in [2.24, 2.45) is 0 Å². The summed E-state index contributed by atoms with van der Waals surface area (Å²) in [6.45, 7) is 3.70. The zero-order valence-electron chi connectivity index (χ0n) is 15.8. The van der Waals surface area contributed by atoms with Crippen LogP contribution in [-0.4, -0.2) is 27.2 Å². The first-order chi connectivity index (χ1) is 13.9. The average Bonchev–Trinajstić information content (AvgIpc) is 2.68. The van der Waals surface area contributed by atoms with Crippen molar-refractivity contribution >= 4 is 40.3 Å². The fraction of sp³-hybridized carbons (Fsp3) is 0.200. The molecule has 9 heteroatoms. The summed E-state index contributed by atoms with van der Waals surface area (Å²) >= 11 is 1.05. The highest BCUT2D eigenvalue weighted by molar-refractivity contribution is 7.99. The third-order valence-electron chi connectivity index (χ3n) is 4.00. The lowest BCUT2D eigenvalue weighted by molar-refractivity contribution is -0.117. The van der Waals surface area contributed by atoms with Crippen LogP contribution in [0.4, 0.5) is 14.9 Å². The number of rotatable bonds is 5.